The van der Waals surface area contributed by atoms with Crippen molar-refractivity contribution < 1.29 is 24.0 Å². The Balaban J connectivity index is 1.85. The predicted molar refractivity (Wildman–Crippen MR) is 98.7 cm³/mol. The van der Waals surface area contributed by atoms with Crippen LogP contribution in [0.3, 0.4) is 0 Å². The molecule has 0 fully saturated rings. The highest BCUT2D eigenvalue weighted by Crippen LogP contribution is 2.22. The van der Waals surface area contributed by atoms with Crippen molar-refractivity contribution in [3.8, 4) is 5.75 Å². The summed E-state index contributed by atoms with van der Waals surface area (Å²) in [6.45, 7) is 4.52. The second-order valence-electron chi connectivity index (χ2n) is 5.99. The number of rotatable bonds is 7. The maximum atomic E-state index is 11.9. The number of esters is 1. The third-order valence-electron chi connectivity index (χ3n) is 3.70. The summed E-state index contributed by atoms with van der Waals surface area (Å²) in [5.74, 6) is -0.786. The van der Waals surface area contributed by atoms with Gasteiger partial charge in [0.05, 0.1) is 4.92 Å². The second-order valence-corrected chi connectivity index (χ2v) is 5.99. The molecule has 8 heteroatoms. The molecule has 8 nitrogen and oxygen atoms in total. The Morgan fingerprint density at radius 1 is 1.15 bits per heavy atom. The third kappa shape index (κ3) is 5.81. The number of hydrogen-bond acceptors (Lipinski definition) is 6. The first-order valence-electron chi connectivity index (χ1n) is 8.21. The Bertz CT molecular complexity index is 848. The lowest BCUT2D eigenvalue weighted by Crippen LogP contribution is -2.29. The molecule has 0 heterocycles. The van der Waals surface area contributed by atoms with Crippen LogP contribution in [0.2, 0.25) is 0 Å². The molecule has 0 aromatic heterocycles. The number of ether oxygens (including phenoxy) is 2. The topological polar surface area (TPSA) is 108 Å². The van der Waals surface area contributed by atoms with Crippen LogP contribution in [-0.4, -0.2) is 29.5 Å². The van der Waals surface area contributed by atoms with Crippen LogP contribution in [-0.2, 0) is 14.3 Å². The van der Waals surface area contributed by atoms with Gasteiger partial charge in [-0.25, -0.2) is 4.79 Å². The van der Waals surface area contributed by atoms with Gasteiger partial charge in [-0.2, -0.15) is 0 Å². The number of nitrogens with zero attached hydrogens (tertiary/aromatic N) is 1. The minimum Gasteiger partial charge on any atom is -0.479 e. The molecule has 27 heavy (non-hydrogen) atoms. The summed E-state index contributed by atoms with van der Waals surface area (Å²) in [4.78, 5) is 34.2. The first-order valence-corrected chi connectivity index (χ1v) is 8.21. The van der Waals surface area contributed by atoms with E-state index in [4.69, 9.17) is 9.47 Å². The second kappa shape index (κ2) is 8.79. The van der Waals surface area contributed by atoms with Gasteiger partial charge in [-0.05, 0) is 39.0 Å². The van der Waals surface area contributed by atoms with Crippen molar-refractivity contribution >= 4 is 23.3 Å². The lowest BCUT2D eigenvalue weighted by molar-refractivity contribution is -0.385. The molecule has 0 aliphatic rings. The molecular weight excluding hydrogens is 352 g/mol. The van der Waals surface area contributed by atoms with Gasteiger partial charge in [0.15, 0.2) is 12.7 Å². The smallest absolute Gasteiger partial charge is 0.347 e. The van der Waals surface area contributed by atoms with E-state index in [0.29, 0.717) is 11.3 Å². The van der Waals surface area contributed by atoms with Crippen molar-refractivity contribution in [3.63, 3.8) is 0 Å². The van der Waals surface area contributed by atoms with E-state index in [1.54, 1.807) is 19.1 Å². The van der Waals surface area contributed by atoms with Crippen LogP contribution in [0.1, 0.15) is 18.1 Å². The number of nitrogens with one attached hydrogen (secondary N) is 1. The molecule has 1 atom stereocenters. The zero-order valence-corrected chi connectivity index (χ0v) is 15.2. The van der Waals surface area contributed by atoms with Crippen molar-refractivity contribution in [2.75, 3.05) is 11.9 Å². The molecule has 0 bridgehead atoms. The summed E-state index contributed by atoms with van der Waals surface area (Å²) in [7, 11) is 0. The highest BCUT2D eigenvalue weighted by atomic mass is 16.6. The lowest BCUT2D eigenvalue weighted by atomic mass is 10.2. The van der Waals surface area contributed by atoms with Crippen molar-refractivity contribution in [1.29, 1.82) is 0 Å². The maximum absolute atomic E-state index is 11.9. The number of carbonyl (C=O) groups is 2. The molecule has 0 spiro atoms. The van der Waals surface area contributed by atoms with Crippen LogP contribution in [0.25, 0.3) is 0 Å². The van der Waals surface area contributed by atoms with Crippen molar-refractivity contribution in [2.45, 2.75) is 26.9 Å². The molecule has 1 N–H and O–H groups in total. The highest BCUT2D eigenvalue weighted by Gasteiger charge is 2.18. The largest absolute Gasteiger partial charge is 0.479 e. The van der Waals surface area contributed by atoms with Crippen molar-refractivity contribution in [1.82, 2.24) is 0 Å². The fraction of sp³-hybridized carbons (Fsp3) is 0.263. The summed E-state index contributed by atoms with van der Waals surface area (Å²) in [6.07, 6.45) is -0.888. The van der Waals surface area contributed by atoms with Crippen LogP contribution in [0, 0.1) is 24.0 Å². The molecule has 0 aliphatic heterocycles. The van der Waals surface area contributed by atoms with Crippen LogP contribution in [0.4, 0.5) is 11.4 Å². The van der Waals surface area contributed by atoms with Gasteiger partial charge < -0.3 is 14.8 Å². The van der Waals surface area contributed by atoms with Gasteiger partial charge in [0.1, 0.15) is 5.75 Å². The van der Waals surface area contributed by atoms with Crippen LogP contribution in [0.15, 0.2) is 42.5 Å². The van der Waals surface area contributed by atoms with Crippen molar-refractivity contribution in [3.05, 3.63) is 63.7 Å². The first kappa shape index (κ1) is 19.9. The van der Waals surface area contributed by atoms with Gasteiger partial charge >= 0.3 is 5.97 Å². The molecule has 142 valence electrons. The van der Waals surface area contributed by atoms with E-state index in [-0.39, 0.29) is 11.4 Å². The van der Waals surface area contributed by atoms with Crippen molar-refractivity contribution in [2.24, 2.45) is 0 Å². The molecule has 2 rings (SSSR count). The number of carbonyl (C=O) groups excluding carboxylic acids is 2. The van der Waals surface area contributed by atoms with Gasteiger partial charge in [-0.3, -0.25) is 14.9 Å². The Hall–Kier alpha value is -3.42. The number of amides is 1. The highest BCUT2D eigenvalue weighted by molar-refractivity contribution is 5.93. The molecular formula is C19H20N2O6. The monoisotopic (exact) mass is 372 g/mol. The van der Waals surface area contributed by atoms with Gasteiger partial charge in [0.2, 0.25) is 0 Å². The fourth-order valence-electron chi connectivity index (χ4n) is 2.20. The normalized spacial score (nSPS) is 11.4. The Kier molecular flexibility index (Phi) is 6.48. The molecule has 1 amide bonds. The summed E-state index contributed by atoms with van der Waals surface area (Å²) in [6, 6.07) is 11.5. The van der Waals surface area contributed by atoms with E-state index in [1.165, 1.54) is 25.1 Å². The molecule has 0 saturated carbocycles. The van der Waals surface area contributed by atoms with Gasteiger partial charge in [0.25, 0.3) is 11.6 Å². The van der Waals surface area contributed by atoms with Gasteiger partial charge in [-0.1, -0.05) is 23.8 Å². The summed E-state index contributed by atoms with van der Waals surface area (Å²) in [5.41, 5.74) is 1.68. The van der Waals surface area contributed by atoms with E-state index in [9.17, 15) is 19.7 Å². The van der Waals surface area contributed by atoms with Gasteiger partial charge in [-0.15, -0.1) is 0 Å². The summed E-state index contributed by atoms with van der Waals surface area (Å²) < 4.78 is 10.4. The van der Waals surface area contributed by atoms with E-state index in [1.807, 2.05) is 19.1 Å². The third-order valence-corrected chi connectivity index (χ3v) is 3.70. The molecule has 0 saturated heterocycles. The molecule has 2 aromatic rings. The number of aryl methyl sites for hydroxylation is 2. The number of nitro groups is 1. The first-order chi connectivity index (χ1) is 12.8. The minimum atomic E-state index is -0.888. The van der Waals surface area contributed by atoms with E-state index in [2.05, 4.69) is 5.32 Å². The molecule has 1 unspecified atom stereocenters. The Morgan fingerprint density at radius 2 is 1.81 bits per heavy atom. The summed E-state index contributed by atoms with van der Waals surface area (Å²) >= 11 is 0. The SMILES string of the molecule is Cc1ccc(OC(C)C(=O)OCC(=O)Nc2ccc(C)c([N+](=O)[O-])c2)cc1. The fourth-order valence-corrected chi connectivity index (χ4v) is 2.20. The number of anilines is 1. The maximum Gasteiger partial charge on any atom is 0.347 e. The van der Waals surface area contributed by atoms with Crippen LogP contribution >= 0.6 is 0 Å². The minimum absolute atomic E-state index is 0.107. The Labute approximate surface area is 156 Å². The predicted octanol–water partition coefficient (Wildman–Crippen LogP) is 3.16. The number of hydrogen-bond donors (Lipinski definition) is 1. The number of nitro benzene ring substituents is 1. The average molecular weight is 372 g/mol. The van der Waals surface area contributed by atoms with E-state index >= 15 is 0 Å². The molecule has 0 radical (unpaired) electrons. The average Bonchev–Trinajstić information content (AvgIpc) is 2.63. The molecule has 0 aliphatic carbocycles. The lowest BCUT2D eigenvalue weighted by Gasteiger charge is -2.14. The van der Waals surface area contributed by atoms with Gasteiger partial charge in [0, 0.05) is 17.3 Å². The van der Waals surface area contributed by atoms with Crippen LogP contribution < -0.4 is 10.1 Å². The standard InChI is InChI=1S/C19H20N2O6/c1-12-4-8-16(9-5-12)27-14(3)19(23)26-11-18(22)20-15-7-6-13(2)17(10-15)21(24)25/h4-10,14H,11H2,1-3H3,(H,20,22). The number of benzene rings is 2. The Morgan fingerprint density at radius 3 is 2.44 bits per heavy atom. The zero-order valence-electron chi connectivity index (χ0n) is 15.2. The quantitative estimate of drug-likeness (QED) is 0.454. The van der Waals surface area contributed by atoms with Crippen LogP contribution in [0.5, 0.6) is 5.75 Å². The van der Waals surface area contributed by atoms with E-state index in [0.717, 1.165) is 5.56 Å². The molecule has 2 aromatic carbocycles. The summed E-state index contributed by atoms with van der Waals surface area (Å²) in [5, 5.41) is 13.4. The zero-order chi connectivity index (χ0) is 20.0. The van der Waals surface area contributed by atoms with E-state index < -0.39 is 29.5 Å².